The molecule has 0 radical (unpaired) electrons. The van der Waals surface area contributed by atoms with Crippen molar-refractivity contribution < 1.29 is 9.18 Å². The third-order valence-electron chi connectivity index (χ3n) is 10.0. The lowest BCUT2D eigenvalue weighted by molar-refractivity contribution is -0.129. The quantitative estimate of drug-likeness (QED) is 0.407. The number of ketones is 1. The maximum Gasteiger partial charge on any atom is 0.159 e. The summed E-state index contributed by atoms with van der Waals surface area (Å²) in [4.78, 5) is 13.2. The Morgan fingerprint density at radius 3 is 2.75 bits per heavy atom. The number of nitrogens with zero attached hydrogens (tertiary/aromatic N) is 2. The number of carbonyl (C=O) groups excluding carboxylic acids is 1. The van der Waals surface area contributed by atoms with Gasteiger partial charge >= 0.3 is 0 Å². The highest BCUT2D eigenvalue weighted by Crippen LogP contribution is 2.64. The fraction of sp³-hybridized carbons (Fsp3) is 0.741. The number of nitrogens with two attached hydrogens (primary N) is 1. The second-order valence-electron chi connectivity index (χ2n) is 11.6. The molecule has 0 amide bonds. The number of nitrogen functional groups attached to an aromatic ring is 1. The van der Waals surface area contributed by atoms with E-state index >= 15 is 0 Å². The lowest BCUT2D eigenvalue weighted by Crippen LogP contribution is -2.49. The fourth-order valence-corrected chi connectivity index (χ4v) is 8.51. The molecule has 4 aliphatic rings. The summed E-state index contributed by atoms with van der Waals surface area (Å²) in [6, 6.07) is 4.05. The average molecular weight is 440 g/mol. The topological polar surface area (TPSA) is 67.8 Å². The van der Waals surface area contributed by atoms with Gasteiger partial charge in [-0.1, -0.05) is 20.3 Å². The van der Waals surface area contributed by atoms with Gasteiger partial charge in [0, 0.05) is 12.0 Å². The van der Waals surface area contributed by atoms with Crippen LogP contribution in [0.4, 0.5) is 15.8 Å². The molecule has 5 heteroatoms. The van der Waals surface area contributed by atoms with Gasteiger partial charge in [0.2, 0.25) is 0 Å². The molecule has 0 heterocycles. The lowest BCUT2D eigenvalue weighted by Gasteiger charge is -2.56. The first-order chi connectivity index (χ1) is 15.4. The molecule has 0 bridgehead atoms. The molecule has 0 spiro atoms. The van der Waals surface area contributed by atoms with Crippen molar-refractivity contribution in [2.45, 2.75) is 71.6 Å². The van der Waals surface area contributed by atoms with Crippen molar-refractivity contribution in [2.75, 3.05) is 12.3 Å². The van der Waals surface area contributed by atoms with Gasteiger partial charge in [-0.15, -0.1) is 0 Å². The summed E-state index contributed by atoms with van der Waals surface area (Å²) in [6.07, 6.45) is 11.7. The number of anilines is 1. The molecule has 5 rings (SSSR count). The first kappa shape index (κ1) is 22.0. The van der Waals surface area contributed by atoms with Crippen molar-refractivity contribution >= 4 is 17.2 Å². The number of Topliss-reactive ketones (excluding diaryl/α,β-unsaturated/α-hetero) is 1. The molecule has 4 nitrogen and oxygen atoms in total. The van der Waals surface area contributed by atoms with Gasteiger partial charge in [0.1, 0.15) is 18.0 Å². The van der Waals surface area contributed by atoms with E-state index in [1.54, 1.807) is 0 Å². The molecule has 2 N–H and O–H groups in total. The minimum Gasteiger partial charge on any atom is -0.397 e. The smallest absolute Gasteiger partial charge is 0.159 e. The second kappa shape index (κ2) is 8.53. The number of benzene rings is 1. The van der Waals surface area contributed by atoms with Crippen LogP contribution in [-0.4, -0.2) is 12.3 Å². The SMILES string of the molecule is CC1CCC2C(CCC3C2CCC2(C)C(C(=O)CN=Nc4cc(F)ccc4N)CCC32)C1. The Morgan fingerprint density at radius 2 is 1.91 bits per heavy atom. The largest absolute Gasteiger partial charge is 0.397 e. The van der Waals surface area contributed by atoms with Crippen molar-refractivity contribution in [1.29, 1.82) is 0 Å². The third-order valence-corrected chi connectivity index (χ3v) is 10.0. The molecule has 8 atom stereocenters. The molecular weight excluding hydrogens is 401 g/mol. The molecule has 1 aromatic rings. The summed E-state index contributed by atoms with van der Waals surface area (Å²) in [7, 11) is 0. The van der Waals surface area contributed by atoms with Crippen LogP contribution in [0.2, 0.25) is 0 Å². The summed E-state index contributed by atoms with van der Waals surface area (Å²) < 4.78 is 13.4. The Kier molecular flexibility index (Phi) is 5.88. The van der Waals surface area contributed by atoms with Crippen LogP contribution in [0, 0.1) is 52.7 Å². The van der Waals surface area contributed by atoms with E-state index in [0.29, 0.717) is 17.3 Å². The van der Waals surface area contributed by atoms with E-state index in [-0.39, 0.29) is 23.7 Å². The number of fused-ring (bicyclic) bond motifs is 5. The van der Waals surface area contributed by atoms with Gasteiger partial charge in [0.25, 0.3) is 0 Å². The van der Waals surface area contributed by atoms with E-state index in [4.69, 9.17) is 5.73 Å². The third kappa shape index (κ3) is 3.80. The zero-order chi connectivity index (χ0) is 22.5. The van der Waals surface area contributed by atoms with Crippen molar-refractivity contribution in [3.8, 4) is 0 Å². The highest BCUT2D eigenvalue weighted by Gasteiger charge is 2.58. The fourth-order valence-electron chi connectivity index (χ4n) is 8.51. The van der Waals surface area contributed by atoms with Crippen LogP contribution in [-0.2, 0) is 4.79 Å². The number of azo groups is 1. The molecule has 4 fully saturated rings. The van der Waals surface area contributed by atoms with E-state index in [2.05, 4.69) is 24.1 Å². The summed E-state index contributed by atoms with van der Waals surface area (Å²) in [5.41, 5.74) is 6.63. The predicted molar refractivity (Wildman–Crippen MR) is 125 cm³/mol. The molecule has 0 aliphatic heterocycles. The van der Waals surface area contributed by atoms with Gasteiger partial charge in [-0.3, -0.25) is 4.79 Å². The van der Waals surface area contributed by atoms with Crippen LogP contribution < -0.4 is 5.73 Å². The molecule has 8 unspecified atom stereocenters. The molecule has 32 heavy (non-hydrogen) atoms. The number of hydrogen-bond acceptors (Lipinski definition) is 4. The maximum absolute atomic E-state index is 13.4. The predicted octanol–water partition coefficient (Wildman–Crippen LogP) is 6.97. The molecule has 1 aromatic carbocycles. The van der Waals surface area contributed by atoms with Crippen molar-refractivity contribution in [3.05, 3.63) is 24.0 Å². The van der Waals surface area contributed by atoms with Crippen molar-refractivity contribution in [1.82, 2.24) is 0 Å². The molecule has 174 valence electrons. The van der Waals surface area contributed by atoms with Crippen LogP contribution in [0.15, 0.2) is 28.4 Å². The van der Waals surface area contributed by atoms with Crippen LogP contribution in [0.1, 0.15) is 71.6 Å². The zero-order valence-electron chi connectivity index (χ0n) is 19.6. The van der Waals surface area contributed by atoms with Gasteiger partial charge in [-0.05, 0) is 104 Å². The van der Waals surface area contributed by atoms with Gasteiger partial charge in [-0.2, -0.15) is 10.2 Å². The molecule has 4 saturated carbocycles. The number of rotatable bonds is 4. The monoisotopic (exact) mass is 439 g/mol. The standard InChI is InChI=1S/C27H38FN3O/c1-16-3-6-19-17(13-16)4-7-21-20(19)11-12-27(2)22(21)8-9-23(27)26(32)15-30-31-25-14-18(28)5-10-24(25)29/h5,10,14,16-17,19-23H,3-4,6-9,11-13,15,29H2,1-2H3. The zero-order valence-corrected chi connectivity index (χ0v) is 19.6. The minimum atomic E-state index is -0.399. The average Bonchev–Trinajstić information content (AvgIpc) is 3.13. The first-order valence-electron chi connectivity index (χ1n) is 12.8. The van der Waals surface area contributed by atoms with Crippen molar-refractivity contribution in [3.63, 3.8) is 0 Å². The Morgan fingerprint density at radius 1 is 1.09 bits per heavy atom. The van der Waals surface area contributed by atoms with Gasteiger partial charge in [0.05, 0.1) is 5.69 Å². The van der Waals surface area contributed by atoms with Crippen molar-refractivity contribution in [2.24, 2.45) is 57.1 Å². The molecular formula is C27H38FN3O. The van der Waals surface area contributed by atoms with E-state index in [1.165, 1.54) is 69.6 Å². The highest BCUT2D eigenvalue weighted by molar-refractivity contribution is 5.84. The second-order valence-corrected chi connectivity index (χ2v) is 11.6. The molecule has 0 saturated heterocycles. The Labute approximate surface area is 191 Å². The summed E-state index contributed by atoms with van der Waals surface area (Å²) in [5.74, 6) is 5.09. The maximum atomic E-state index is 13.4. The number of carbonyl (C=O) groups is 1. The van der Waals surface area contributed by atoms with Gasteiger partial charge in [0.15, 0.2) is 5.78 Å². The summed E-state index contributed by atoms with van der Waals surface area (Å²) >= 11 is 0. The van der Waals surface area contributed by atoms with Crippen LogP contribution in [0.5, 0.6) is 0 Å². The normalized spacial score (nSPS) is 41.2. The van der Waals surface area contributed by atoms with E-state index in [9.17, 15) is 9.18 Å². The van der Waals surface area contributed by atoms with Crippen LogP contribution >= 0.6 is 0 Å². The minimum absolute atomic E-state index is 0.0691. The molecule has 0 aromatic heterocycles. The van der Waals surface area contributed by atoms with E-state index in [0.717, 1.165) is 36.0 Å². The number of hydrogen-bond donors (Lipinski definition) is 1. The van der Waals surface area contributed by atoms with E-state index in [1.807, 2.05) is 0 Å². The van der Waals surface area contributed by atoms with Crippen LogP contribution in [0.25, 0.3) is 0 Å². The van der Waals surface area contributed by atoms with Gasteiger partial charge < -0.3 is 5.73 Å². The van der Waals surface area contributed by atoms with E-state index < -0.39 is 5.82 Å². The summed E-state index contributed by atoms with van der Waals surface area (Å²) in [5, 5.41) is 8.19. The Balaban J connectivity index is 1.26. The lowest BCUT2D eigenvalue weighted by atomic mass is 9.49. The van der Waals surface area contributed by atoms with Gasteiger partial charge in [-0.25, -0.2) is 4.39 Å². The first-order valence-corrected chi connectivity index (χ1v) is 12.8. The van der Waals surface area contributed by atoms with Crippen LogP contribution in [0.3, 0.4) is 0 Å². The summed E-state index contributed by atoms with van der Waals surface area (Å²) in [6.45, 7) is 4.90. The Bertz CT molecular complexity index is 901. The highest BCUT2D eigenvalue weighted by atomic mass is 19.1. The molecule has 4 aliphatic carbocycles. The number of halogens is 1. The Hall–Kier alpha value is -1.78.